The number of nitrogens with one attached hydrogen (secondary N) is 2. The van der Waals surface area contributed by atoms with Gasteiger partial charge in [0.2, 0.25) is 5.91 Å². The predicted molar refractivity (Wildman–Crippen MR) is 104 cm³/mol. The van der Waals surface area contributed by atoms with Gasteiger partial charge in [-0.15, -0.1) is 5.10 Å². The Balaban J connectivity index is 1.75. The zero-order valence-corrected chi connectivity index (χ0v) is 15.2. The quantitative estimate of drug-likeness (QED) is 0.507. The highest BCUT2D eigenvalue weighted by Gasteiger charge is 2.25. The molecule has 0 atom stereocenters. The number of carbonyl (C=O) groups excluding carboxylic acids is 1. The van der Waals surface area contributed by atoms with Gasteiger partial charge < -0.3 is 5.73 Å². The van der Waals surface area contributed by atoms with Crippen LogP contribution in [0.4, 0.5) is 0 Å². The van der Waals surface area contributed by atoms with E-state index >= 15 is 0 Å². The molecule has 7 heteroatoms. The summed E-state index contributed by atoms with van der Waals surface area (Å²) in [5, 5.41) is 19.1. The fourth-order valence-corrected chi connectivity index (χ4v) is 3.16. The molecule has 0 saturated carbocycles. The minimum atomic E-state index is -0.604. The summed E-state index contributed by atoms with van der Waals surface area (Å²) in [6.07, 6.45) is 2.26. The maximum atomic E-state index is 11.7. The fourth-order valence-electron chi connectivity index (χ4n) is 3.16. The van der Waals surface area contributed by atoms with E-state index in [1.54, 1.807) is 6.20 Å². The number of H-pyrrole nitrogens is 2. The molecule has 0 unspecified atom stereocenters. The summed E-state index contributed by atoms with van der Waals surface area (Å²) >= 11 is 0. The van der Waals surface area contributed by atoms with Crippen molar-refractivity contribution >= 4 is 16.8 Å². The van der Waals surface area contributed by atoms with Crippen LogP contribution in [0.15, 0.2) is 48.7 Å². The van der Waals surface area contributed by atoms with E-state index in [1.807, 2.05) is 44.2 Å². The first-order chi connectivity index (χ1) is 12.9. The molecule has 0 spiro atoms. The predicted octanol–water partition coefficient (Wildman–Crippen LogP) is 3.07. The van der Waals surface area contributed by atoms with Crippen molar-refractivity contribution in [1.29, 1.82) is 0 Å². The fraction of sp³-hybridized carbons (Fsp3) is 0.200. The average molecular weight is 360 g/mol. The van der Waals surface area contributed by atoms with Crippen LogP contribution in [0, 0.1) is 5.41 Å². The van der Waals surface area contributed by atoms with Crippen LogP contribution in [0.25, 0.3) is 33.4 Å². The molecule has 0 aliphatic rings. The number of aromatic amines is 2. The largest absolute Gasteiger partial charge is 0.369 e. The zero-order chi connectivity index (χ0) is 19.0. The summed E-state index contributed by atoms with van der Waals surface area (Å²) in [4.78, 5) is 11.7. The van der Waals surface area contributed by atoms with Gasteiger partial charge in [-0.25, -0.2) is 0 Å². The molecule has 0 radical (unpaired) electrons. The molecule has 4 rings (SSSR count). The molecule has 0 saturated heterocycles. The molecule has 136 valence electrons. The summed E-state index contributed by atoms with van der Waals surface area (Å²) in [5.74, 6) is -0.309. The van der Waals surface area contributed by atoms with E-state index < -0.39 is 5.41 Å². The molecule has 2 heterocycles. The smallest absolute Gasteiger partial charge is 0.223 e. The Hall–Kier alpha value is -3.48. The maximum absolute atomic E-state index is 11.7. The van der Waals surface area contributed by atoms with Gasteiger partial charge in [0.1, 0.15) is 0 Å². The van der Waals surface area contributed by atoms with E-state index in [1.165, 1.54) is 0 Å². The summed E-state index contributed by atoms with van der Waals surface area (Å²) in [5.41, 5.74) is 10.6. The third kappa shape index (κ3) is 3.19. The highest BCUT2D eigenvalue weighted by molar-refractivity contribution is 5.95. The van der Waals surface area contributed by atoms with Crippen LogP contribution in [0.2, 0.25) is 0 Å². The van der Waals surface area contributed by atoms with Crippen LogP contribution in [0.5, 0.6) is 0 Å². The number of amides is 1. The monoisotopic (exact) mass is 360 g/mol. The Labute approximate surface area is 156 Å². The van der Waals surface area contributed by atoms with E-state index in [2.05, 4.69) is 37.7 Å². The number of rotatable bonds is 5. The summed E-state index contributed by atoms with van der Waals surface area (Å²) in [7, 11) is 0. The Morgan fingerprint density at radius 2 is 1.96 bits per heavy atom. The Bertz CT molecular complexity index is 1110. The van der Waals surface area contributed by atoms with Crippen molar-refractivity contribution in [3.63, 3.8) is 0 Å². The second kappa shape index (κ2) is 6.35. The van der Waals surface area contributed by atoms with E-state index in [0.717, 1.165) is 39.0 Å². The molecule has 2 aromatic carbocycles. The number of primary amides is 1. The van der Waals surface area contributed by atoms with Crippen LogP contribution >= 0.6 is 0 Å². The Kier molecular flexibility index (Phi) is 3.99. The number of aromatic nitrogens is 5. The van der Waals surface area contributed by atoms with E-state index in [0.29, 0.717) is 6.42 Å². The normalized spacial score (nSPS) is 11.8. The van der Waals surface area contributed by atoms with Crippen molar-refractivity contribution < 1.29 is 4.79 Å². The molecule has 2 aromatic heterocycles. The summed E-state index contributed by atoms with van der Waals surface area (Å²) in [6.45, 7) is 3.72. The lowest BCUT2D eigenvalue weighted by atomic mass is 9.84. The molecular formula is C20H20N6O. The molecule has 0 aliphatic carbocycles. The minimum absolute atomic E-state index is 0.309. The van der Waals surface area contributed by atoms with Gasteiger partial charge in [-0.3, -0.25) is 15.0 Å². The van der Waals surface area contributed by atoms with Gasteiger partial charge in [0.15, 0.2) is 0 Å². The van der Waals surface area contributed by atoms with E-state index in [4.69, 9.17) is 5.73 Å². The van der Waals surface area contributed by atoms with Crippen molar-refractivity contribution in [1.82, 2.24) is 25.6 Å². The second-order valence-corrected chi connectivity index (χ2v) is 7.33. The second-order valence-electron chi connectivity index (χ2n) is 7.33. The molecule has 1 amide bonds. The van der Waals surface area contributed by atoms with E-state index in [9.17, 15) is 4.79 Å². The number of carbonyl (C=O) groups is 1. The standard InChI is InChI=1S/C20H20N6O/c1-20(2,19(21)27)10-12-4-3-5-14(8-12)18-15-9-13(17-11-22-26-24-17)6-7-16(15)23-25-18/h3-9,11H,10H2,1-2H3,(H2,21,27)(H,23,25)(H,22,24,26). The summed E-state index contributed by atoms with van der Waals surface area (Å²) < 4.78 is 0. The number of benzene rings is 2. The van der Waals surface area contributed by atoms with Crippen molar-refractivity contribution in [2.75, 3.05) is 0 Å². The molecule has 0 bridgehead atoms. The van der Waals surface area contributed by atoms with Gasteiger partial charge in [-0.2, -0.15) is 5.10 Å². The summed E-state index contributed by atoms with van der Waals surface area (Å²) in [6, 6.07) is 14.1. The molecular weight excluding hydrogens is 340 g/mol. The van der Waals surface area contributed by atoms with Crippen molar-refractivity contribution in [3.05, 3.63) is 54.2 Å². The molecule has 4 aromatic rings. The van der Waals surface area contributed by atoms with Gasteiger partial charge in [0.25, 0.3) is 0 Å². The van der Waals surface area contributed by atoms with Crippen LogP contribution in [-0.2, 0) is 11.2 Å². The van der Waals surface area contributed by atoms with Crippen molar-refractivity contribution in [2.45, 2.75) is 20.3 Å². The third-order valence-corrected chi connectivity index (χ3v) is 4.80. The van der Waals surface area contributed by atoms with Crippen LogP contribution < -0.4 is 5.73 Å². The van der Waals surface area contributed by atoms with Gasteiger partial charge in [-0.05, 0) is 30.2 Å². The van der Waals surface area contributed by atoms with Gasteiger partial charge >= 0.3 is 0 Å². The zero-order valence-electron chi connectivity index (χ0n) is 15.2. The SMILES string of the molecule is CC(C)(Cc1cccc(-c2n[nH]c3ccc(-c4cnn[nH]4)cc23)c1)C(N)=O. The molecule has 7 nitrogen and oxygen atoms in total. The van der Waals surface area contributed by atoms with Crippen LogP contribution in [-0.4, -0.2) is 31.5 Å². The molecule has 0 fully saturated rings. The number of hydrogen-bond donors (Lipinski definition) is 3. The lowest BCUT2D eigenvalue weighted by Crippen LogP contribution is -2.33. The van der Waals surface area contributed by atoms with Crippen LogP contribution in [0.3, 0.4) is 0 Å². The van der Waals surface area contributed by atoms with Gasteiger partial charge in [0, 0.05) is 21.9 Å². The van der Waals surface area contributed by atoms with Crippen molar-refractivity contribution in [3.8, 4) is 22.5 Å². The number of nitrogens with zero attached hydrogens (tertiary/aromatic N) is 3. The number of nitrogens with two attached hydrogens (primary N) is 1. The van der Waals surface area contributed by atoms with Crippen molar-refractivity contribution in [2.24, 2.45) is 11.1 Å². The first-order valence-electron chi connectivity index (χ1n) is 8.68. The Morgan fingerprint density at radius 3 is 2.70 bits per heavy atom. The molecule has 0 aliphatic heterocycles. The first kappa shape index (κ1) is 17.0. The van der Waals surface area contributed by atoms with Gasteiger partial charge in [0.05, 0.1) is 23.1 Å². The van der Waals surface area contributed by atoms with Crippen LogP contribution in [0.1, 0.15) is 19.4 Å². The maximum Gasteiger partial charge on any atom is 0.223 e. The molecule has 4 N–H and O–H groups in total. The highest BCUT2D eigenvalue weighted by Crippen LogP contribution is 2.31. The van der Waals surface area contributed by atoms with E-state index in [-0.39, 0.29) is 5.91 Å². The lowest BCUT2D eigenvalue weighted by Gasteiger charge is -2.20. The third-order valence-electron chi connectivity index (χ3n) is 4.80. The topological polar surface area (TPSA) is 113 Å². The average Bonchev–Trinajstić information content (AvgIpc) is 3.31. The highest BCUT2D eigenvalue weighted by atomic mass is 16.1. The number of hydrogen-bond acceptors (Lipinski definition) is 4. The Morgan fingerprint density at radius 1 is 1.11 bits per heavy atom. The van der Waals surface area contributed by atoms with Gasteiger partial charge in [-0.1, -0.05) is 43.3 Å². The minimum Gasteiger partial charge on any atom is -0.369 e. The molecule has 27 heavy (non-hydrogen) atoms. The lowest BCUT2D eigenvalue weighted by molar-refractivity contribution is -0.125. The number of fused-ring (bicyclic) bond motifs is 1. The first-order valence-corrected chi connectivity index (χ1v) is 8.68.